The number of pyridine rings is 1. The summed E-state index contributed by atoms with van der Waals surface area (Å²) < 4.78 is 71.9. The average molecular weight is 431 g/mol. The van der Waals surface area contributed by atoms with Crippen molar-refractivity contribution in [3.63, 3.8) is 0 Å². The summed E-state index contributed by atoms with van der Waals surface area (Å²) in [5.74, 6) is -7.85. The fourth-order valence-electron chi connectivity index (χ4n) is 2.70. The number of aromatic nitrogens is 1. The number of carbonyl (C=O) groups is 1. The van der Waals surface area contributed by atoms with Gasteiger partial charge in [-0.3, -0.25) is 9.10 Å². The second kappa shape index (κ2) is 7.50. The van der Waals surface area contributed by atoms with Crippen LogP contribution in [0, 0.1) is 29.1 Å². The van der Waals surface area contributed by atoms with Gasteiger partial charge in [0.25, 0.3) is 5.91 Å². The van der Waals surface area contributed by atoms with Gasteiger partial charge in [0.1, 0.15) is 11.4 Å². The summed E-state index contributed by atoms with van der Waals surface area (Å²) in [5.41, 5.74) is 1.80. The fourth-order valence-corrected chi connectivity index (χ4v) is 3.53. The van der Waals surface area contributed by atoms with Crippen LogP contribution < -0.4 is 11.1 Å². The van der Waals surface area contributed by atoms with Crippen LogP contribution in [0.2, 0.25) is 0 Å². The molecule has 0 saturated carbocycles. The quantitative estimate of drug-likeness (QED) is 0.443. The van der Waals surface area contributed by atoms with E-state index in [4.69, 9.17) is 5.73 Å². The van der Waals surface area contributed by atoms with E-state index in [-0.39, 0.29) is 11.7 Å². The van der Waals surface area contributed by atoms with Crippen molar-refractivity contribution in [3.8, 4) is 0 Å². The Morgan fingerprint density at radius 3 is 2.52 bits per heavy atom. The van der Waals surface area contributed by atoms with Gasteiger partial charge in [0, 0.05) is 24.9 Å². The maximum absolute atomic E-state index is 15.1. The molecule has 1 aromatic heterocycles. The second-order valence-electron chi connectivity index (χ2n) is 6.36. The molecule has 0 bridgehead atoms. The lowest BCUT2D eigenvalue weighted by Gasteiger charge is -2.34. The summed E-state index contributed by atoms with van der Waals surface area (Å²) >= 11 is 1.11. The largest absolute Gasteiger partial charge is 0.369 e. The molecule has 0 unspecified atom stereocenters. The van der Waals surface area contributed by atoms with Gasteiger partial charge in [-0.25, -0.2) is 31.9 Å². The third-order valence-electron chi connectivity index (χ3n) is 4.19. The van der Waals surface area contributed by atoms with E-state index in [0.29, 0.717) is 18.3 Å². The van der Waals surface area contributed by atoms with Crippen LogP contribution in [0.15, 0.2) is 23.3 Å². The lowest BCUT2D eigenvalue weighted by Crippen LogP contribution is -2.41. The van der Waals surface area contributed by atoms with Crippen LogP contribution in [-0.2, 0) is 5.54 Å². The molecule has 0 spiro atoms. The first-order valence-corrected chi connectivity index (χ1v) is 9.00. The SMILES string of the molecule is CN1SC[C@@](C)(c2c(F)c(F)cc(NC(=O)c3ncc(F)cc3F)c2F)N=C1N. The highest BCUT2D eigenvalue weighted by Crippen LogP contribution is 2.39. The maximum Gasteiger partial charge on any atom is 0.277 e. The molecule has 1 aliphatic rings. The van der Waals surface area contributed by atoms with E-state index < -0.39 is 57.5 Å². The lowest BCUT2D eigenvalue weighted by atomic mass is 9.92. The number of carbonyl (C=O) groups excluding carboxylic acids is 1. The standard InChI is InChI=1S/C17H14F5N5OS/c1-17(6-29-27(2)16(23)26-17)11-12(21)8(19)4-10(13(11)22)25-15(28)14-9(20)3-7(18)5-24-14/h3-5H,6H2,1-2H3,(H2,23,26)(H,25,28)/t17-/m0/s1. The molecule has 1 atom stereocenters. The Morgan fingerprint density at radius 2 is 1.90 bits per heavy atom. The molecule has 29 heavy (non-hydrogen) atoms. The highest BCUT2D eigenvalue weighted by atomic mass is 32.2. The van der Waals surface area contributed by atoms with Crippen LogP contribution in [0.25, 0.3) is 0 Å². The average Bonchev–Trinajstić information content (AvgIpc) is 2.63. The van der Waals surface area contributed by atoms with E-state index in [1.807, 2.05) is 5.32 Å². The number of anilines is 1. The van der Waals surface area contributed by atoms with Gasteiger partial charge < -0.3 is 11.1 Å². The molecule has 3 N–H and O–H groups in total. The molecule has 1 amide bonds. The lowest BCUT2D eigenvalue weighted by molar-refractivity contribution is 0.101. The van der Waals surface area contributed by atoms with E-state index in [2.05, 4.69) is 9.98 Å². The zero-order chi connectivity index (χ0) is 21.5. The number of rotatable bonds is 3. The van der Waals surface area contributed by atoms with Gasteiger partial charge in [0.2, 0.25) is 5.96 Å². The van der Waals surface area contributed by atoms with Crippen LogP contribution in [0.4, 0.5) is 27.6 Å². The van der Waals surface area contributed by atoms with Crippen LogP contribution >= 0.6 is 11.9 Å². The Morgan fingerprint density at radius 1 is 1.21 bits per heavy atom. The number of halogens is 5. The van der Waals surface area contributed by atoms with Gasteiger partial charge in [0.15, 0.2) is 29.0 Å². The number of hydrogen-bond acceptors (Lipinski definition) is 6. The smallest absolute Gasteiger partial charge is 0.277 e. The molecular weight excluding hydrogens is 417 g/mol. The number of nitrogens with two attached hydrogens (primary N) is 1. The maximum atomic E-state index is 15.1. The van der Waals surface area contributed by atoms with Crippen molar-refractivity contribution in [2.24, 2.45) is 10.7 Å². The molecule has 0 radical (unpaired) electrons. The summed E-state index contributed by atoms with van der Waals surface area (Å²) in [6.45, 7) is 1.35. The Bertz CT molecular complexity index is 1030. The first-order chi connectivity index (χ1) is 13.5. The van der Waals surface area contributed by atoms with E-state index in [1.165, 1.54) is 11.2 Å². The highest BCUT2D eigenvalue weighted by Gasteiger charge is 2.39. The topological polar surface area (TPSA) is 83.6 Å². The van der Waals surface area contributed by atoms with Crippen molar-refractivity contribution in [2.45, 2.75) is 12.5 Å². The summed E-state index contributed by atoms with van der Waals surface area (Å²) in [6.07, 6.45) is 0.583. The Hall–Kier alpha value is -2.89. The normalized spacial score (nSPS) is 19.1. The van der Waals surface area contributed by atoms with Crippen molar-refractivity contribution in [2.75, 3.05) is 18.1 Å². The van der Waals surface area contributed by atoms with E-state index in [1.54, 1.807) is 7.05 Å². The molecule has 1 aromatic carbocycles. The monoisotopic (exact) mass is 431 g/mol. The molecule has 2 aromatic rings. The molecule has 6 nitrogen and oxygen atoms in total. The fraction of sp³-hybridized carbons (Fsp3) is 0.235. The van der Waals surface area contributed by atoms with E-state index in [0.717, 1.165) is 11.9 Å². The van der Waals surface area contributed by atoms with Crippen LogP contribution in [-0.4, -0.2) is 34.0 Å². The summed E-state index contributed by atoms with van der Waals surface area (Å²) in [6, 6.07) is 0.815. The van der Waals surface area contributed by atoms with Crippen molar-refractivity contribution in [1.29, 1.82) is 0 Å². The number of nitrogens with zero attached hydrogens (tertiary/aromatic N) is 3. The number of benzene rings is 1. The minimum atomic E-state index is -1.57. The molecular formula is C17H14F5N5OS. The Labute approximate surface area is 166 Å². The van der Waals surface area contributed by atoms with Gasteiger partial charge in [-0.15, -0.1) is 0 Å². The number of nitrogens with one attached hydrogen (secondary N) is 1. The van der Waals surface area contributed by atoms with E-state index in [9.17, 15) is 22.4 Å². The van der Waals surface area contributed by atoms with Gasteiger partial charge in [0.05, 0.1) is 17.4 Å². The molecule has 3 rings (SSSR count). The Kier molecular flexibility index (Phi) is 5.39. The molecule has 1 aliphatic heterocycles. The van der Waals surface area contributed by atoms with Crippen molar-refractivity contribution < 1.29 is 26.7 Å². The van der Waals surface area contributed by atoms with Crippen molar-refractivity contribution in [3.05, 3.63) is 58.7 Å². The van der Waals surface area contributed by atoms with Gasteiger partial charge >= 0.3 is 0 Å². The van der Waals surface area contributed by atoms with Gasteiger partial charge in [-0.2, -0.15) is 0 Å². The van der Waals surface area contributed by atoms with Gasteiger partial charge in [-0.1, -0.05) is 0 Å². The number of hydrogen-bond donors (Lipinski definition) is 2. The molecule has 0 fully saturated rings. The molecule has 0 aliphatic carbocycles. The summed E-state index contributed by atoms with van der Waals surface area (Å²) in [5, 5.41) is 1.93. The minimum Gasteiger partial charge on any atom is -0.369 e. The first-order valence-electron chi connectivity index (χ1n) is 8.06. The molecule has 154 valence electrons. The van der Waals surface area contributed by atoms with E-state index >= 15 is 4.39 Å². The predicted octanol–water partition coefficient (Wildman–Crippen LogP) is 3.15. The van der Waals surface area contributed by atoms with Gasteiger partial charge in [-0.05, 0) is 18.9 Å². The molecule has 0 saturated heterocycles. The number of guanidine groups is 1. The third kappa shape index (κ3) is 3.84. The first kappa shape index (κ1) is 20.8. The third-order valence-corrected chi connectivity index (χ3v) is 5.45. The Balaban J connectivity index is 2.05. The number of aliphatic imine (C=N–C) groups is 1. The van der Waals surface area contributed by atoms with Crippen molar-refractivity contribution in [1.82, 2.24) is 9.29 Å². The van der Waals surface area contributed by atoms with Crippen LogP contribution in [0.5, 0.6) is 0 Å². The zero-order valence-corrected chi connectivity index (χ0v) is 15.9. The van der Waals surface area contributed by atoms with Crippen LogP contribution in [0.1, 0.15) is 23.0 Å². The number of amides is 1. The minimum absolute atomic E-state index is 0.0308. The zero-order valence-electron chi connectivity index (χ0n) is 15.1. The second-order valence-corrected chi connectivity index (χ2v) is 7.46. The predicted molar refractivity (Wildman–Crippen MR) is 97.6 cm³/mol. The highest BCUT2D eigenvalue weighted by molar-refractivity contribution is 7.97. The van der Waals surface area contributed by atoms with Crippen molar-refractivity contribution >= 4 is 29.5 Å². The van der Waals surface area contributed by atoms with Crippen LogP contribution in [0.3, 0.4) is 0 Å². The summed E-state index contributed by atoms with van der Waals surface area (Å²) in [4.78, 5) is 19.5. The summed E-state index contributed by atoms with van der Waals surface area (Å²) in [7, 11) is 1.59. The molecule has 2 heterocycles. The molecule has 12 heteroatoms.